The minimum atomic E-state index is -4.59. The monoisotopic (exact) mass is 442 g/mol. The molecule has 5 atom stereocenters. The number of piperidine rings is 1. The standard InChI is InChI=1S/C24H38N2O4/c1-14(2)9-17-13-26-8-7-16-10-21(28-5)22(29-6)11-18(16)19(26)12-20(17)30-24(27)23(25)15(3)4/h10-11,14-15,17,19-20,23H,7-9,12-13,25H2,1-6H3/t17?,19?,20?,23-/m0/s1/i1D3,3D3,4D3,7D2,8D2,9D2,12D2,13D2,14D,15D,17D,19D,23D/t14?,17?,19?,20?,23-. The van der Waals surface area contributed by atoms with Gasteiger partial charge in [0.15, 0.2) is 11.5 Å². The lowest BCUT2D eigenvalue weighted by Gasteiger charge is -2.47. The summed E-state index contributed by atoms with van der Waals surface area (Å²) in [5.74, 6) is -16.2. The first-order valence-corrected chi connectivity index (χ1v) is 8.56. The molecule has 1 saturated heterocycles. The summed E-state index contributed by atoms with van der Waals surface area (Å²) in [4.78, 5) is 13.4. The van der Waals surface area contributed by atoms with E-state index in [1.165, 1.54) is 0 Å². The largest absolute Gasteiger partial charge is 0.493 e. The van der Waals surface area contributed by atoms with Gasteiger partial charge in [-0.2, -0.15) is 0 Å². The van der Waals surface area contributed by atoms with Gasteiger partial charge in [0.25, 0.3) is 0 Å². The Labute approximate surface area is 214 Å². The van der Waals surface area contributed by atoms with Crippen molar-refractivity contribution in [3.05, 3.63) is 23.3 Å². The van der Waals surface area contributed by atoms with Crippen LogP contribution in [-0.4, -0.2) is 50.2 Å². The zero-order valence-corrected chi connectivity index (χ0v) is 16.4. The quantitative estimate of drug-likeness (QED) is 0.651. The second-order valence-corrected chi connectivity index (χ2v) is 6.17. The Morgan fingerprint density at radius 2 is 2.13 bits per heavy atom. The molecule has 2 heterocycles. The van der Waals surface area contributed by atoms with Gasteiger partial charge in [-0.3, -0.25) is 9.69 Å². The number of nitrogens with two attached hydrogens (primary N) is 1. The van der Waals surface area contributed by atoms with E-state index in [9.17, 15) is 13.0 Å². The summed E-state index contributed by atoms with van der Waals surface area (Å²) in [5.41, 5.74) is 3.68. The smallest absolute Gasteiger partial charge is 0.323 e. The molecule has 2 aliphatic heterocycles. The van der Waals surface area contributed by atoms with Gasteiger partial charge in [-0.05, 0) is 47.8 Å². The molecule has 0 saturated carbocycles. The molecule has 0 aliphatic carbocycles. The zero-order chi connectivity index (χ0) is 43.1. The van der Waals surface area contributed by atoms with E-state index in [1.807, 2.05) is 0 Å². The second kappa shape index (κ2) is 9.56. The summed E-state index contributed by atoms with van der Waals surface area (Å²) in [6, 6.07) is -6.80. The highest BCUT2D eigenvalue weighted by Gasteiger charge is 2.41. The maximum Gasteiger partial charge on any atom is 0.323 e. The minimum Gasteiger partial charge on any atom is -0.493 e. The van der Waals surface area contributed by atoms with Crippen LogP contribution in [0.3, 0.4) is 0 Å². The van der Waals surface area contributed by atoms with Gasteiger partial charge in [0, 0.05) is 61.4 Å². The Bertz CT molecular complexity index is 1650. The average molecular weight is 443 g/mol. The van der Waals surface area contributed by atoms with Gasteiger partial charge in [-0.25, -0.2) is 0 Å². The van der Waals surface area contributed by atoms with Crippen molar-refractivity contribution in [2.75, 3.05) is 27.2 Å². The maximum absolute atomic E-state index is 13.9. The summed E-state index contributed by atoms with van der Waals surface area (Å²) in [5, 5.41) is 0. The molecule has 0 spiro atoms. The van der Waals surface area contributed by atoms with Crippen molar-refractivity contribution in [2.45, 2.75) is 64.7 Å². The van der Waals surface area contributed by atoms with Crippen LogP contribution in [0, 0.1) is 17.7 Å². The van der Waals surface area contributed by atoms with Crippen LogP contribution in [0.1, 0.15) is 90.3 Å². The van der Waals surface area contributed by atoms with E-state index in [1.54, 1.807) is 0 Å². The lowest BCUT2D eigenvalue weighted by Crippen LogP contribution is -2.51. The van der Waals surface area contributed by atoms with Gasteiger partial charge in [-0.1, -0.05) is 27.5 Å². The van der Waals surface area contributed by atoms with Crippen molar-refractivity contribution in [3.8, 4) is 11.5 Å². The topological polar surface area (TPSA) is 74.0 Å². The molecular weight excluding hydrogens is 380 g/mol. The van der Waals surface area contributed by atoms with Gasteiger partial charge in [-0.15, -0.1) is 0 Å². The van der Waals surface area contributed by atoms with Gasteiger partial charge >= 0.3 is 5.97 Å². The van der Waals surface area contributed by atoms with E-state index in [0.717, 1.165) is 20.3 Å². The molecule has 30 heavy (non-hydrogen) atoms. The molecule has 2 aliphatic rings. The normalized spacial score (nSPS) is 53.4. The third-order valence-electron chi connectivity index (χ3n) is 4.10. The number of nitrogens with zero attached hydrogens (tertiary/aromatic N) is 1. The summed E-state index contributed by atoms with van der Waals surface area (Å²) in [6.07, 6.45) is -16.0. The number of hydrogen-bond donors (Lipinski definition) is 1. The van der Waals surface area contributed by atoms with E-state index >= 15 is 0 Å². The lowest BCUT2D eigenvalue weighted by atomic mass is 9.79. The van der Waals surface area contributed by atoms with Crippen molar-refractivity contribution < 1.29 is 51.9 Å². The Balaban J connectivity index is 2.68. The zero-order valence-electron chi connectivity index (χ0n) is 40.4. The van der Waals surface area contributed by atoms with Crippen LogP contribution < -0.4 is 15.2 Å². The third-order valence-corrected chi connectivity index (χ3v) is 4.10. The predicted octanol–water partition coefficient (Wildman–Crippen LogP) is 3.56. The number of aryl methyl sites for hydroxylation is 1. The number of hydrogen-bond acceptors (Lipinski definition) is 6. The Morgan fingerprint density at radius 1 is 1.40 bits per heavy atom. The van der Waals surface area contributed by atoms with E-state index < -0.39 is 116 Å². The van der Waals surface area contributed by atoms with Crippen LogP contribution in [-0.2, 0) is 15.9 Å². The van der Waals surface area contributed by atoms with Crippen LogP contribution >= 0.6 is 0 Å². The van der Waals surface area contributed by atoms with E-state index in [-0.39, 0.29) is 5.75 Å². The molecule has 0 aromatic heterocycles. The first kappa shape index (κ1) is 7.11. The summed E-state index contributed by atoms with van der Waals surface area (Å²) >= 11 is 0. The van der Waals surface area contributed by atoms with Crippen LogP contribution in [0.5, 0.6) is 11.5 Å². The number of esters is 1. The molecule has 0 amide bonds. The maximum atomic E-state index is 13.9. The highest BCUT2D eigenvalue weighted by Crippen LogP contribution is 2.44. The minimum absolute atomic E-state index is 0.301. The van der Waals surface area contributed by atoms with Crippen molar-refractivity contribution in [3.63, 3.8) is 0 Å². The molecule has 3 rings (SSSR count). The SMILES string of the molecule is [2H]C([2H])([2H])C([2H])(C)C([2H])([2H])C1([2H])C(OC(=O)[C@@]([2H])(N)C([2H])(C([2H])([2H])[2H])C([2H])([2H])[2H])C([2H])([2H])C2([2H])c3cc(OC)c(OC)cc3C([2H])([2H])C([2H])([2H])N2C1([2H])[2H]. The van der Waals surface area contributed by atoms with Crippen LogP contribution in [0.4, 0.5) is 0 Å². The molecule has 1 aromatic carbocycles. The molecule has 1 aromatic rings. The van der Waals surface area contributed by atoms with E-state index in [2.05, 4.69) is 0 Å². The van der Waals surface area contributed by atoms with Crippen molar-refractivity contribution in [1.82, 2.24) is 4.90 Å². The Hall–Kier alpha value is -1.79. The summed E-state index contributed by atoms with van der Waals surface area (Å²) in [7, 11) is 2.10. The molecule has 2 N–H and O–H groups in total. The second-order valence-electron chi connectivity index (χ2n) is 6.17. The lowest BCUT2D eigenvalue weighted by molar-refractivity contribution is -0.160. The van der Waals surface area contributed by atoms with Gasteiger partial charge in [0.1, 0.15) is 12.1 Å². The average Bonchev–Trinajstić information content (AvgIpc) is 2.98. The molecule has 0 bridgehead atoms. The predicted molar refractivity (Wildman–Crippen MR) is 118 cm³/mol. The number of rotatable bonds is 7. The molecule has 6 nitrogen and oxygen atoms in total. The van der Waals surface area contributed by atoms with Gasteiger partial charge < -0.3 is 19.9 Å². The number of carbonyl (C=O) groups excluding carboxylic acids is 1. The van der Waals surface area contributed by atoms with E-state index in [0.29, 0.717) is 13.0 Å². The molecule has 4 unspecified atom stereocenters. The third kappa shape index (κ3) is 4.75. The fourth-order valence-electron chi connectivity index (χ4n) is 2.73. The molecule has 1 fully saturated rings. The Kier molecular flexibility index (Phi) is 2.27. The number of methoxy groups -OCH3 is 2. The molecule has 168 valence electrons. The summed E-state index contributed by atoms with van der Waals surface area (Å²) in [6.45, 7) is -20.5. The van der Waals surface area contributed by atoms with Crippen LogP contribution in [0.25, 0.3) is 0 Å². The molecule has 6 heteroatoms. The van der Waals surface area contributed by atoms with Crippen molar-refractivity contribution >= 4 is 5.97 Å². The highest BCUT2D eigenvalue weighted by atomic mass is 16.5. The van der Waals surface area contributed by atoms with Crippen LogP contribution in [0.2, 0.25) is 0 Å². The molecular formula is C24H38N2O4. The number of carbonyl (C=O) groups is 1. The summed E-state index contributed by atoms with van der Waals surface area (Å²) < 4.78 is 220. The molecule has 0 radical (unpaired) electrons. The van der Waals surface area contributed by atoms with Crippen LogP contribution in [0.15, 0.2) is 12.1 Å². The first-order chi connectivity index (χ1) is 23.5. The number of benzene rings is 1. The number of ether oxygens (including phenoxy) is 3. The number of fused-ring (bicyclic) bond motifs is 3. The Morgan fingerprint density at radius 3 is 2.80 bits per heavy atom. The first-order valence-electron chi connectivity index (χ1n) is 20.6. The van der Waals surface area contributed by atoms with Crippen molar-refractivity contribution in [1.29, 1.82) is 0 Å². The van der Waals surface area contributed by atoms with Gasteiger partial charge in [0.05, 0.1) is 17.0 Å². The highest BCUT2D eigenvalue weighted by molar-refractivity contribution is 5.76. The fraction of sp³-hybridized carbons (Fsp3) is 0.708. The van der Waals surface area contributed by atoms with Gasteiger partial charge in [0.2, 0.25) is 0 Å². The fourth-order valence-corrected chi connectivity index (χ4v) is 2.73. The van der Waals surface area contributed by atoms with E-state index in [4.69, 9.17) is 44.6 Å². The van der Waals surface area contributed by atoms with Crippen molar-refractivity contribution in [2.24, 2.45) is 23.4 Å².